The summed E-state index contributed by atoms with van der Waals surface area (Å²) < 4.78 is 0. The lowest BCUT2D eigenvalue weighted by Gasteiger charge is -2.17. The molecule has 112 valence electrons. The Hall–Kier alpha value is -2.04. The van der Waals surface area contributed by atoms with Gasteiger partial charge in [-0.15, -0.1) is 0 Å². The Morgan fingerprint density at radius 3 is 2.33 bits per heavy atom. The van der Waals surface area contributed by atoms with Gasteiger partial charge in [0, 0.05) is 6.54 Å². The molecule has 0 atom stereocenters. The summed E-state index contributed by atoms with van der Waals surface area (Å²) in [5.41, 5.74) is 0.436. The molecule has 0 saturated heterocycles. The third kappa shape index (κ3) is 3.54. The summed E-state index contributed by atoms with van der Waals surface area (Å²) in [5.74, 6) is 1.12. The van der Waals surface area contributed by atoms with Crippen LogP contribution in [-0.2, 0) is 0 Å². The van der Waals surface area contributed by atoms with Crippen LogP contribution in [0.4, 0.5) is 10.5 Å². The quantitative estimate of drug-likeness (QED) is 0.753. The molecule has 3 N–H and O–H groups in total. The lowest BCUT2D eigenvalue weighted by Crippen LogP contribution is -2.34. The van der Waals surface area contributed by atoms with Gasteiger partial charge in [0.15, 0.2) is 0 Å². The van der Waals surface area contributed by atoms with E-state index in [0.717, 1.165) is 11.8 Å². The maximum atomic E-state index is 12.0. The number of aromatic carboxylic acids is 1. The van der Waals surface area contributed by atoms with Crippen LogP contribution in [0.5, 0.6) is 0 Å². The Kier molecular flexibility index (Phi) is 3.82. The Labute approximate surface area is 123 Å². The smallest absolute Gasteiger partial charge is 0.337 e. The first kappa shape index (κ1) is 13.9. The molecule has 0 radical (unpaired) electrons. The number of anilines is 1. The Balaban J connectivity index is 1.55. The minimum atomic E-state index is -1.04. The fourth-order valence-electron chi connectivity index (χ4n) is 2.92. The molecule has 2 aliphatic rings. The van der Waals surface area contributed by atoms with Crippen LogP contribution in [0.3, 0.4) is 0 Å². The zero-order chi connectivity index (χ0) is 14.8. The molecule has 0 unspecified atom stereocenters. The monoisotopic (exact) mass is 288 g/mol. The summed E-state index contributed by atoms with van der Waals surface area (Å²) in [6.45, 7) is 0.691. The summed E-state index contributed by atoms with van der Waals surface area (Å²) in [6, 6.07) is 6.11. The van der Waals surface area contributed by atoms with E-state index in [0.29, 0.717) is 18.2 Å². The van der Waals surface area contributed by atoms with Crippen LogP contribution in [0.25, 0.3) is 0 Å². The molecule has 21 heavy (non-hydrogen) atoms. The number of carboxylic acid groups (broad SMARTS) is 1. The molecule has 0 aromatic heterocycles. The first-order valence-corrected chi connectivity index (χ1v) is 7.52. The highest BCUT2D eigenvalue weighted by atomic mass is 16.4. The van der Waals surface area contributed by atoms with Crippen molar-refractivity contribution in [2.24, 2.45) is 17.8 Å². The Morgan fingerprint density at radius 1 is 1.14 bits per heavy atom. The van der Waals surface area contributed by atoms with Gasteiger partial charge in [-0.05, 0) is 55.6 Å². The molecule has 0 aliphatic heterocycles. The number of urea groups is 1. The van der Waals surface area contributed by atoms with E-state index in [1.54, 1.807) is 18.2 Å². The molecule has 5 nitrogen and oxygen atoms in total. The van der Waals surface area contributed by atoms with Crippen LogP contribution < -0.4 is 10.6 Å². The van der Waals surface area contributed by atoms with E-state index in [1.807, 2.05) is 0 Å². The van der Waals surface area contributed by atoms with Crippen molar-refractivity contribution in [1.82, 2.24) is 5.32 Å². The zero-order valence-electron chi connectivity index (χ0n) is 11.8. The largest absolute Gasteiger partial charge is 0.478 e. The van der Waals surface area contributed by atoms with Gasteiger partial charge in [0.1, 0.15) is 0 Å². The van der Waals surface area contributed by atoms with Crippen molar-refractivity contribution in [3.63, 3.8) is 0 Å². The van der Waals surface area contributed by atoms with E-state index in [4.69, 9.17) is 5.11 Å². The van der Waals surface area contributed by atoms with Crippen LogP contribution in [0.2, 0.25) is 0 Å². The van der Waals surface area contributed by atoms with Crippen molar-refractivity contribution < 1.29 is 14.7 Å². The molecule has 0 spiro atoms. The normalized spacial score (nSPS) is 17.6. The van der Waals surface area contributed by atoms with E-state index in [9.17, 15) is 9.59 Å². The molecular weight excluding hydrogens is 268 g/mol. The van der Waals surface area contributed by atoms with Crippen LogP contribution in [0, 0.1) is 17.8 Å². The first-order valence-electron chi connectivity index (χ1n) is 7.52. The fourth-order valence-corrected chi connectivity index (χ4v) is 2.92. The van der Waals surface area contributed by atoms with Gasteiger partial charge in [0.05, 0.1) is 11.3 Å². The summed E-state index contributed by atoms with van der Waals surface area (Å²) in [4.78, 5) is 23.1. The molecule has 2 aliphatic carbocycles. The molecule has 0 heterocycles. The summed E-state index contributed by atoms with van der Waals surface area (Å²) in [6.07, 6.45) is 5.14. The maximum Gasteiger partial charge on any atom is 0.337 e. The van der Waals surface area contributed by atoms with E-state index in [-0.39, 0.29) is 11.6 Å². The van der Waals surface area contributed by atoms with E-state index in [1.165, 1.54) is 31.7 Å². The molecule has 2 saturated carbocycles. The average molecular weight is 288 g/mol. The van der Waals surface area contributed by atoms with Crippen molar-refractivity contribution in [1.29, 1.82) is 0 Å². The molecular formula is C16H20N2O3. The highest BCUT2D eigenvalue weighted by Crippen LogP contribution is 2.48. The minimum absolute atomic E-state index is 0.105. The number of carbonyl (C=O) groups is 2. The fraction of sp³-hybridized carbons (Fsp3) is 0.500. The van der Waals surface area contributed by atoms with Gasteiger partial charge < -0.3 is 15.7 Å². The second-order valence-corrected chi connectivity index (χ2v) is 6.02. The highest BCUT2D eigenvalue weighted by Gasteiger charge is 2.41. The predicted octanol–water partition coefficient (Wildman–Crippen LogP) is 2.94. The van der Waals surface area contributed by atoms with Crippen LogP contribution in [-0.4, -0.2) is 23.7 Å². The van der Waals surface area contributed by atoms with Crippen LogP contribution in [0.15, 0.2) is 24.3 Å². The molecule has 1 aromatic carbocycles. The SMILES string of the molecule is O=C(NCC(C1CC1)C1CC1)Nc1ccccc1C(=O)O. The number of carboxylic acids is 1. The molecule has 0 bridgehead atoms. The number of amides is 2. The van der Waals surface area contributed by atoms with E-state index < -0.39 is 5.97 Å². The second kappa shape index (κ2) is 5.76. The van der Waals surface area contributed by atoms with Gasteiger partial charge in [-0.1, -0.05) is 12.1 Å². The third-order valence-corrected chi connectivity index (χ3v) is 4.36. The zero-order valence-corrected chi connectivity index (χ0v) is 11.8. The van der Waals surface area contributed by atoms with Crippen molar-refractivity contribution >= 4 is 17.7 Å². The van der Waals surface area contributed by atoms with Crippen molar-refractivity contribution in [2.45, 2.75) is 25.7 Å². The lowest BCUT2D eigenvalue weighted by atomic mass is 9.98. The number of para-hydroxylation sites is 1. The predicted molar refractivity (Wildman–Crippen MR) is 79.4 cm³/mol. The van der Waals surface area contributed by atoms with Gasteiger partial charge in [-0.25, -0.2) is 9.59 Å². The summed E-state index contributed by atoms with van der Waals surface area (Å²) >= 11 is 0. The van der Waals surface area contributed by atoms with Crippen molar-refractivity contribution in [2.75, 3.05) is 11.9 Å². The first-order chi connectivity index (χ1) is 10.1. The number of carbonyl (C=O) groups excluding carboxylic acids is 1. The number of nitrogens with one attached hydrogen (secondary N) is 2. The molecule has 5 heteroatoms. The Morgan fingerprint density at radius 2 is 1.76 bits per heavy atom. The molecule has 1 aromatic rings. The topological polar surface area (TPSA) is 78.4 Å². The van der Waals surface area contributed by atoms with Gasteiger partial charge >= 0.3 is 12.0 Å². The Bertz CT molecular complexity index is 538. The summed E-state index contributed by atoms with van der Waals surface area (Å²) in [7, 11) is 0. The maximum absolute atomic E-state index is 12.0. The lowest BCUT2D eigenvalue weighted by molar-refractivity contribution is 0.0698. The van der Waals surface area contributed by atoms with Gasteiger partial charge in [0.25, 0.3) is 0 Å². The van der Waals surface area contributed by atoms with Crippen LogP contribution >= 0.6 is 0 Å². The molecule has 2 amide bonds. The van der Waals surface area contributed by atoms with Crippen molar-refractivity contribution in [3.8, 4) is 0 Å². The third-order valence-electron chi connectivity index (χ3n) is 4.36. The number of hydrogen-bond acceptors (Lipinski definition) is 2. The summed E-state index contributed by atoms with van der Waals surface area (Å²) in [5, 5.41) is 14.6. The average Bonchev–Trinajstić information content (AvgIpc) is 3.33. The highest BCUT2D eigenvalue weighted by molar-refractivity contribution is 5.99. The second-order valence-electron chi connectivity index (χ2n) is 6.02. The number of hydrogen-bond donors (Lipinski definition) is 3. The van der Waals surface area contributed by atoms with Gasteiger partial charge in [-0.2, -0.15) is 0 Å². The van der Waals surface area contributed by atoms with Gasteiger partial charge in [0.2, 0.25) is 0 Å². The van der Waals surface area contributed by atoms with Crippen molar-refractivity contribution in [3.05, 3.63) is 29.8 Å². The number of benzene rings is 1. The molecule has 3 rings (SSSR count). The number of rotatable bonds is 6. The van der Waals surface area contributed by atoms with E-state index >= 15 is 0 Å². The van der Waals surface area contributed by atoms with Gasteiger partial charge in [-0.3, -0.25) is 0 Å². The van der Waals surface area contributed by atoms with Crippen LogP contribution in [0.1, 0.15) is 36.0 Å². The standard InChI is InChI=1S/C16H20N2O3/c19-15(20)12-3-1-2-4-14(12)18-16(21)17-9-13(10-5-6-10)11-7-8-11/h1-4,10-11,13H,5-9H2,(H,19,20)(H2,17,18,21). The van der Waals surface area contributed by atoms with E-state index in [2.05, 4.69) is 10.6 Å². The molecule has 2 fully saturated rings. The minimum Gasteiger partial charge on any atom is -0.478 e.